The van der Waals surface area contributed by atoms with Crippen molar-refractivity contribution in [2.24, 2.45) is 0 Å². The molecule has 6 nitrogen and oxygen atoms in total. The van der Waals surface area contributed by atoms with Crippen LogP contribution in [-0.4, -0.2) is 53.8 Å². The molecule has 6 heteroatoms. The lowest BCUT2D eigenvalue weighted by atomic mass is 9.93. The molecule has 0 aromatic heterocycles. The van der Waals surface area contributed by atoms with E-state index < -0.39 is 11.5 Å². The third-order valence-electron chi connectivity index (χ3n) is 3.74. The molecule has 1 aliphatic heterocycles. The van der Waals surface area contributed by atoms with Gasteiger partial charge in [0.2, 0.25) is 0 Å². The van der Waals surface area contributed by atoms with Crippen LogP contribution in [0.1, 0.15) is 33.1 Å². The van der Waals surface area contributed by atoms with Gasteiger partial charge in [0.1, 0.15) is 5.54 Å². The van der Waals surface area contributed by atoms with Gasteiger partial charge in [0.25, 0.3) is 0 Å². The van der Waals surface area contributed by atoms with Gasteiger partial charge >= 0.3 is 12.0 Å². The Morgan fingerprint density at radius 1 is 1.44 bits per heavy atom. The Morgan fingerprint density at radius 2 is 2.06 bits per heavy atom. The number of rotatable bonds is 5. The zero-order valence-electron chi connectivity index (χ0n) is 11.2. The topological polar surface area (TPSA) is 78.9 Å². The number of nitrogens with one attached hydrogen (secondary N) is 1. The zero-order chi connectivity index (χ0) is 13.8. The highest BCUT2D eigenvalue weighted by Gasteiger charge is 2.38. The first-order chi connectivity index (χ1) is 8.46. The van der Waals surface area contributed by atoms with Crippen LogP contribution in [0.15, 0.2) is 0 Å². The van der Waals surface area contributed by atoms with E-state index in [1.54, 1.807) is 20.9 Å². The maximum Gasteiger partial charge on any atom is 0.329 e. The van der Waals surface area contributed by atoms with E-state index in [0.29, 0.717) is 26.1 Å². The molecule has 0 aliphatic carbocycles. The molecule has 0 bridgehead atoms. The third-order valence-corrected chi connectivity index (χ3v) is 3.74. The zero-order valence-corrected chi connectivity index (χ0v) is 11.2. The van der Waals surface area contributed by atoms with Crippen LogP contribution in [0.2, 0.25) is 0 Å². The molecule has 0 radical (unpaired) electrons. The average molecular weight is 258 g/mol. The summed E-state index contributed by atoms with van der Waals surface area (Å²) in [7, 11) is 1.67. The number of amides is 2. The summed E-state index contributed by atoms with van der Waals surface area (Å²) in [5.74, 6) is -0.989. The van der Waals surface area contributed by atoms with E-state index in [1.807, 2.05) is 0 Å². The monoisotopic (exact) mass is 258 g/mol. The van der Waals surface area contributed by atoms with Gasteiger partial charge in [-0.25, -0.2) is 9.59 Å². The van der Waals surface area contributed by atoms with Crippen LogP contribution in [0, 0.1) is 0 Å². The van der Waals surface area contributed by atoms with Gasteiger partial charge in [0.05, 0.1) is 12.6 Å². The van der Waals surface area contributed by atoms with Crippen molar-refractivity contribution in [3.63, 3.8) is 0 Å². The highest BCUT2D eigenvalue weighted by molar-refractivity contribution is 5.86. The van der Waals surface area contributed by atoms with Crippen molar-refractivity contribution in [1.82, 2.24) is 10.2 Å². The summed E-state index contributed by atoms with van der Waals surface area (Å²) < 4.78 is 5.22. The van der Waals surface area contributed by atoms with E-state index in [1.165, 1.54) is 4.90 Å². The fourth-order valence-electron chi connectivity index (χ4n) is 2.07. The Morgan fingerprint density at radius 3 is 2.44 bits per heavy atom. The summed E-state index contributed by atoms with van der Waals surface area (Å²) in [5, 5.41) is 11.9. The second-order valence-corrected chi connectivity index (χ2v) is 4.65. The van der Waals surface area contributed by atoms with Crippen LogP contribution in [0.25, 0.3) is 0 Å². The first-order valence-corrected chi connectivity index (χ1v) is 6.33. The van der Waals surface area contributed by atoms with Gasteiger partial charge in [0.15, 0.2) is 0 Å². The summed E-state index contributed by atoms with van der Waals surface area (Å²) in [5.41, 5.74) is -1.18. The van der Waals surface area contributed by atoms with Gasteiger partial charge in [-0.05, 0) is 19.3 Å². The Bertz CT molecular complexity index is 309. The Kier molecular flexibility index (Phi) is 4.95. The minimum absolute atomic E-state index is 0.0326. The number of carbonyl (C=O) groups excluding carboxylic acids is 1. The molecule has 1 heterocycles. The smallest absolute Gasteiger partial charge is 0.329 e. The van der Waals surface area contributed by atoms with Gasteiger partial charge < -0.3 is 20.1 Å². The van der Waals surface area contributed by atoms with Gasteiger partial charge in [-0.15, -0.1) is 0 Å². The average Bonchev–Trinajstić information content (AvgIpc) is 2.88. The lowest BCUT2D eigenvalue weighted by Crippen LogP contribution is -2.58. The number of aliphatic carboxylic acids is 1. The molecular weight excluding hydrogens is 236 g/mol. The second-order valence-electron chi connectivity index (χ2n) is 4.65. The van der Waals surface area contributed by atoms with Crippen molar-refractivity contribution in [1.29, 1.82) is 0 Å². The van der Waals surface area contributed by atoms with Crippen LogP contribution < -0.4 is 5.32 Å². The van der Waals surface area contributed by atoms with Crippen LogP contribution in [0.5, 0.6) is 0 Å². The molecule has 0 aromatic carbocycles. The normalized spacial score (nSPS) is 19.6. The third kappa shape index (κ3) is 2.93. The first kappa shape index (κ1) is 14.8. The molecule has 2 N–H and O–H groups in total. The molecule has 104 valence electrons. The number of hydrogen-bond donors (Lipinski definition) is 2. The molecule has 1 fully saturated rings. The van der Waals surface area contributed by atoms with Crippen molar-refractivity contribution in [3.8, 4) is 0 Å². The van der Waals surface area contributed by atoms with Gasteiger partial charge in [-0.3, -0.25) is 0 Å². The Hall–Kier alpha value is -1.30. The maximum atomic E-state index is 12.1. The Balaban J connectivity index is 2.68. The number of ether oxygens (including phenoxy) is 1. The lowest BCUT2D eigenvalue weighted by Gasteiger charge is -2.32. The fraction of sp³-hybridized carbons (Fsp3) is 0.833. The van der Waals surface area contributed by atoms with Crippen LogP contribution >= 0.6 is 0 Å². The number of carboxylic acid groups (broad SMARTS) is 1. The molecule has 2 amide bonds. The van der Waals surface area contributed by atoms with Crippen LogP contribution in [-0.2, 0) is 9.53 Å². The maximum absolute atomic E-state index is 12.1. The summed E-state index contributed by atoms with van der Waals surface area (Å²) in [6.45, 7) is 4.68. The first-order valence-electron chi connectivity index (χ1n) is 6.33. The number of likely N-dealkylation sites (N-methyl/N-ethyl adjacent to an activating group) is 1. The second kappa shape index (κ2) is 6.04. The largest absolute Gasteiger partial charge is 0.480 e. The summed E-state index contributed by atoms with van der Waals surface area (Å²) in [6, 6.07) is -0.318. The van der Waals surface area contributed by atoms with Gasteiger partial charge in [-0.2, -0.15) is 0 Å². The molecule has 1 saturated heterocycles. The lowest BCUT2D eigenvalue weighted by molar-refractivity contribution is -0.144. The van der Waals surface area contributed by atoms with E-state index in [0.717, 1.165) is 6.42 Å². The molecule has 1 atom stereocenters. The number of hydrogen-bond acceptors (Lipinski definition) is 3. The van der Waals surface area contributed by atoms with Crippen molar-refractivity contribution < 1.29 is 19.4 Å². The molecule has 0 saturated carbocycles. The van der Waals surface area contributed by atoms with Gasteiger partial charge in [-0.1, -0.05) is 13.8 Å². The minimum Gasteiger partial charge on any atom is -0.480 e. The molecular formula is C12H22N2O4. The van der Waals surface area contributed by atoms with E-state index in [4.69, 9.17) is 4.74 Å². The number of urea groups is 1. The van der Waals surface area contributed by atoms with Crippen molar-refractivity contribution in [2.45, 2.75) is 44.7 Å². The van der Waals surface area contributed by atoms with E-state index >= 15 is 0 Å². The summed E-state index contributed by atoms with van der Waals surface area (Å²) in [4.78, 5) is 24.9. The van der Waals surface area contributed by atoms with Crippen LogP contribution in [0.4, 0.5) is 4.79 Å². The summed E-state index contributed by atoms with van der Waals surface area (Å²) >= 11 is 0. The predicted molar refractivity (Wildman–Crippen MR) is 66.5 cm³/mol. The van der Waals surface area contributed by atoms with E-state index in [2.05, 4.69) is 5.32 Å². The van der Waals surface area contributed by atoms with Crippen molar-refractivity contribution in [2.75, 3.05) is 20.3 Å². The van der Waals surface area contributed by atoms with Gasteiger partial charge in [0, 0.05) is 13.7 Å². The molecule has 0 aromatic rings. The number of carboxylic acids is 1. The highest BCUT2D eigenvalue weighted by Crippen LogP contribution is 2.17. The summed E-state index contributed by atoms with van der Waals surface area (Å²) in [6.07, 6.45) is 1.52. The molecule has 1 unspecified atom stereocenters. The quantitative estimate of drug-likeness (QED) is 0.773. The SMILES string of the molecule is CCC(CC)(NC(=O)N(C)C1CCOC1)C(=O)O. The van der Waals surface area contributed by atoms with Crippen molar-refractivity contribution >= 4 is 12.0 Å². The fourth-order valence-corrected chi connectivity index (χ4v) is 2.07. The minimum atomic E-state index is -1.18. The number of nitrogens with zero attached hydrogens (tertiary/aromatic N) is 1. The highest BCUT2D eigenvalue weighted by atomic mass is 16.5. The van der Waals surface area contributed by atoms with E-state index in [-0.39, 0.29) is 12.1 Å². The molecule has 18 heavy (non-hydrogen) atoms. The molecule has 1 rings (SSSR count). The molecule has 0 spiro atoms. The Labute approximate surface area is 107 Å². The molecule has 1 aliphatic rings. The van der Waals surface area contributed by atoms with Crippen LogP contribution in [0.3, 0.4) is 0 Å². The van der Waals surface area contributed by atoms with Crippen molar-refractivity contribution in [3.05, 3.63) is 0 Å². The van der Waals surface area contributed by atoms with E-state index in [9.17, 15) is 14.7 Å². The standard InChI is InChI=1S/C12H22N2O4/c1-4-12(5-2,10(15)16)13-11(17)14(3)9-6-7-18-8-9/h9H,4-8H2,1-3H3,(H,13,17)(H,15,16). The predicted octanol–water partition coefficient (Wildman–Crippen LogP) is 1.06. The number of carbonyl (C=O) groups is 2.